The smallest absolute Gasteiger partial charge is 0.547 e. The van der Waals surface area contributed by atoms with Crippen molar-refractivity contribution in [2.75, 3.05) is 38.4 Å². The van der Waals surface area contributed by atoms with Crippen LogP contribution in [-0.4, -0.2) is 112 Å². The summed E-state index contributed by atoms with van der Waals surface area (Å²) in [6.07, 6.45) is 7.82. The Labute approximate surface area is 388 Å². The van der Waals surface area contributed by atoms with Crippen molar-refractivity contribution in [3.8, 4) is 12.1 Å². The zero-order chi connectivity index (χ0) is 42.9. The molecule has 7 rings (SSSR count). The van der Waals surface area contributed by atoms with Gasteiger partial charge in [-0.2, -0.15) is 20.7 Å². The van der Waals surface area contributed by atoms with E-state index in [2.05, 4.69) is 40.5 Å². The van der Waals surface area contributed by atoms with Crippen molar-refractivity contribution in [3.05, 3.63) is 64.2 Å². The molecule has 2 fully saturated rings. The molecule has 3 aromatic rings. The number of aryl methyl sites for hydroxylation is 2. The Morgan fingerprint density at radius 2 is 1.33 bits per heavy atom. The minimum absolute atomic E-state index is 0. The van der Waals surface area contributed by atoms with Gasteiger partial charge in [-0.1, -0.05) is 6.07 Å². The van der Waals surface area contributed by atoms with Gasteiger partial charge in [-0.05, 0) is 81.5 Å². The van der Waals surface area contributed by atoms with Crippen molar-refractivity contribution in [1.29, 1.82) is 10.5 Å². The summed E-state index contributed by atoms with van der Waals surface area (Å²) in [6.45, 7) is 6.79. The predicted octanol–water partition coefficient (Wildman–Crippen LogP) is -2.32. The molecule has 0 radical (unpaired) electrons. The Hall–Kier alpha value is -4.71. The van der Waals surface area contributed by atoms with E-state index in [-0.39, 0.29) is 89.8 Å². The third-order valence-electron chi connectivity index (χ3n) is 8.77. The first-order chi connectivity index (χ1) is 28.4. The van der Waals surface area contributed by atoms with Crippen LogP contribution in [0.2, 0.25) is 0 Å². The number of aliphatic carboxylic acids is 1. The third kappa shape index (κ3) is 15.7. The number of rotatable bonds is 13. The zero-order valence-corrected chi connectivity index (χ0v) is 37.0. The second kappa shape index (κ2) is 25.2. The van der Waals surface area contributed by atoms with E-state index in [1.54, 1.807) is 20.8 Å². The topological polar surface area (TPSA) is 286 Å². The van der Waals surface area contributed by atoms with E-state index in [9.17, 15) is 34.2 Å². The molecule has 4 atom stereocenters. The predicted molar refractivity (Wildman–Crippen MR) is 199 cm³/mol. The number of aliphatic hydroxyl groups excluding tert-OH is 1. The van der Waals surface area contributed by atoms with Gasteiger partial charge in [0, 0.05) is 12.4 Å². The molecule has 2 N–H and O–H groups in total. The summed E-state index contributed by atoms with van der Waals surface area (Å²) < 4.78 is 31.4. The Balaban J connectivity index is 0.000000263. The fraction of sp³-hybridized carbons (Fsp3) is 0.513. The first kappa shape index (κ1) is 49.6. The molecule has 0 saturated carbocycles. The number of carbonyl (C=O) groups excluding carboxylic acids is 5. The van der Waals surface area contributed by atoms with Gasteiger partial charge in [0.15, 0.2) is 12.2 Å². The maximum Gasteiger partial charge on any atom is 1.00 e. The molecule has 316 valence electrons. The van der Waals surface area contributed by atoms with Crippen LogP contribution in [0.3, 0.4) is 0 Å². The van der Waals surface area contributed by atoms with Crippen LogP contribution in [0.25, 0.3) is 0 Å². The summed E-state index contributed by atoms with van der Waals surface area (Å²) in [7, 11) is 0. The SMILES string of the molecule is CCOC(=O)[C@@H](Cn1cc(C#N)cn1)OC(=O)Nc1c2c(cc3c1CCC3)CCC2.CCOC(=O)[C@H](O)Cn1cc(C#N)cn1.CCOC(=O)[C@H]1CO1.O=C([O-])[C@H]1CO1.[K+]. The van der Waals surface area contributed by atoms with Gasteiger partial charge in [-0.3, -0.25) is 14.7 Å². The molecule has 2 aliphatic heterocycles. The number of carbonyl (C=O) groups is 5. The van der Waals surface area contributed by atoms with Gasteiger partial charge >= 0.3 is 75.4 Å². The number of epoxide rings is 2. The van der Waals surface area contributed by atoms with Crippen molar-refractivity contribution < 1.29 is 114 Å². The molecular formula is C39H46KN7O13. The van der Waals surface area contributed by atoms with Crippen LogP contribution in [0, 0.1) is 22.7 Å². The molecular weight excluding hydrogens is 814 g/mol. The number of carboxylic acids is 1. The van der Waals surface area contributed by atoms with E-state index in [0.717, 1.165) is 44.2 Å². The van der Waals surface area contributed by atoms with Gasteiger partial charge < -0.3 is 43.4 Å². The van der Waals surface area contributed by atoms with Crippen LogP contribution in [0.4, 0.5) is 10.5 Å². The molecule has 20 nitrogen and oxygen atoms in total. The number of carboxylic acid groups (broad SMARTS) is 1. The molecule has 1 aromatic carbocycles. The Kier molecular flexibility index (Phi) is 20.8. The summed E-state index contributed by atoms with van der Waals surface area (Å²) in [6, 6.07) is 6.16. The number of amides is 1. The van der Waals surface area contributed by atoms with Crippen molar-refractivity contribution in [3.63, 3.8) is 0 Å². The number of nitriles is 2. The van der Waals surface area contributed by atoms with Crippen LogP contribution in [0.5, 0.6) is 0 Å². The Bertz CT molecular complexity index is 2000. The minimum Gasteiger partial charge on any atom is -0.547 e. The fourth-order valence-corrected chi connectivity index (χ4v) is 5.93. The van der Waals surface area contributed by atoms with Gasteiger partial charge in [0.25, 0.3) is 0 Å². The Morgan fingerprint density at radius 1 is 0.833 bits per heavy atom. The van der Waals surface area contributed by atoms with E-state index in [1.807, 2.05) is 12.1 Å². The molecule has 0 spiro atoms. The van der Waals surface area contributed by atoms with Crippen molar-refractivity contribution in [1.82, 2.24) is 19.6 Å². The summed E-state index contributed by atoms with van der Waals surface area (Å²) in [4.78, 5) is 56.1. The first-order valence-electron chi connectivity index (χ1n) is 19.0. The van der Waals surface area contributed by atoms with Crippen LogP contribution in [0.1, 0.15) is 67.0 Å². The molecule has 4 aliphatic rings. The normalized spacial score (nSPS) is 16.8. The van der Waals surface area contributed by atoms with Gasteiger partial charge in [0.2, 0.25) is 6.10 Å². The van der Waals surface area contributed by atoms with E-state index in [4.69, 9.17) is 20.0 Å². The van der Waals surface area contributed by atoms with Crippen LogP contribution >= 0.6 is 0 Å². The van der Waals surface area contributed by atoms with E-state index in [1.165, 1.54) is 56.4 Å². The van der Waals surface area contributed by atoms with Gasteiger partial charge in [0.1, 0.15) is 18.2 Å². The molecule has 2 aliphatic carbocycles. The van der Waals surface area contributed by atoms with E-state index >= 15 is 0 Å². The van der Waals surface area contributed by atoms with Gasteiger partial charge in [0.05, 0.1) is 81.3 Å². The maximum absolute atomic E-state index is 12.8. The van der Waals surface area contributed by atoms with Crippen molar-refractivity contribution in [2.24, 2.45) is 0 Å². The summed E-state index contributed by atoms with van der Waals surface area (Å²) in [5.74, 6) is -2.67. The van der Waals surface area contributed by atoms with Crippen LogP contribution in [-0.2, 0) is 86.4 Å². The van der Waals surface area contributed by atoms with Crippen molar-refractivity contribution >= 4 is 35.7 Å². The van der Waals surface area contributed by atoms with Crippen LogP contribution < -0.4 is 61.8 Å². The number of nitrogens with zero attached hydrogens (tertiary/aromatic N) is 6. The first-order valence-corrected chi connectivity index (χ1v) is 19.0. The van der Waals surface area contributed by atoms with E-state index in [0.29, 0.717) is 30.9 Å². The average molecular weight is 860 g/mol. The number of nitrogens with one attached hydrogen (secondary N) is 1. The molecule has 60 heavy (non-hydrogen) atoms. The number of fused-ring (bicyclic) bond motifs is 2. The molecule has 2 aromatic heterocycles. The molecule has 2 saturated heterocycles. The third-order valence-corrected chi connectivity index (χ3v) is 8.77. The second-order valence-electron chi connectivity index (χ2n) is 13.1. The molecule has 0 unspecified atom stereocenters. The number of aliphatic hydroxyl groups is 1. The molecule has 1 amide bonds. The van der Waals surface area contributed by atoms with Gasteiger partial charge in [-0.15, -0.1) is 0 Å². The number of esters is 3. The number of ether oxygens (including phenoxy) is 6. The summed E-state index contributed by atoms with van der Waals surface area (Å²) >= 11 is 0. The minimum atomic E-state index is -1.25. The van der Waals surface area contributed by atoms with Crippen LogP contribution in [0.15, 0.2) is 30.9 Å². The quantitative estimate of drug-likeness (QED) is 0.0789. The standard InChI is InChI=1S/C22H24N4O4.C9H11N3O3.C5H8O3.C3H4O3.K/c1-2-29-21(27)19(13-26-12-14(10-23)11-24-26)30-22(28)25-20-17-7-3-5-15(17)9-16-6-4-8-18(16)20;1-2-15-9(14)8(13)6-12-5-7(3-10)4-11-12;1-2-7-5(6)4-3-8-4;4-3(5)2-1-6-2;/h9,11-12,19H,2-8,13H2,1H3,(H,25,28);4-5,8,13H,2,6H2,1H3;4H,2-3H2,1H3;2H,1H2,(H,4,5);/q;;;;+1/p-1/t19-;8-;4-;2-;/m1111./s1. The Morgan fingerprint density at radius 3 is 1.77 bits per heavy atom. The van der Waals surface area contributed by atoms with Crippen molar-refractivity contribution in [2.45, 2.75) is 96.8 Å². The van der Waals surface area contributed by atoms with E-state index < -0.39 is 42.3 Å². The second-order valence-corrected chi connectivity index (χ2v) is 13.1. The molecule has 4 heterocycles. The maximum atomic E-state index is 12.8. The number of hydrogen-bond acceptors (Lipinski definition) is 17. The number of anilines is 1. The monoisotopic (exact) mass is 859 g/mol. The number of hydrogen-bond donors (Lipinski definition) is 2. The van der Waals surface area contributed by atoms with Gasteiger partial charge in [-0.25, -0.2) is 19.2 Å². The average Bonchev–Trinajstić information content (AvgIpc) is 4.03. The molecule has 21 heteroatoms. The number of aromatic nitrogens is 4. The zero-order valence-electron chi connectivity index (χ0n) is 33.9. The summed E-state index contributed by atoms with van der Waals surface area (Å²) in [5.41, 5.74) is 6.57. The molecule has 0 bridgehead atoms. The summed E-state index contributed by atoms with van der Waals surface area (Å²) in [5, 5.41) is 47.1. The largest absolute Gasteiger partial charge is 1.00 e. The number of benzene rings is 1. The fourth-order valence-electron chi connectivity index (χ4n) is 5.93.